The van der Waals surface area contributed by atoms with Gasteiger partial charge in [-0.1, -0.05) is 13.8 Å². The largest absolute Gasteiger partial charge is 0.274 e. The average Bonchev–Trinajstić information content (AvgIpc) is 2.98. The van der Waals surface area contributed by atoms with E-state index in [0.717, 1.165) is 0 Å². The lowest BCUT2D eigenvalue weighted by atomic mass is 9.80. The van der Waals surface area contributed by atoms with Gasteiger partial charge in [0.05, 0.1) is 22.3 Å². The van der Waals surface area contributed by atoms with Crippen molar-refractivity contribution in [2.75, 3.05) is 13.1 Å². The number of nitrogens with zero attached hydrogens (tertiary/aromatic N) is 2. The van der Waals surface area contributed by atoms with Crippen molar-refractivity contribution in [1.82, 2.24) is 9.80 Å². The van der Waals surface area contributed by atoms with Crippen molar-refractivity contribution in [3.8, 4) is 0 Å². The number of carbonyl (C=O) groups is 4. The molecule has 0 fully saturated rings. The van der Waals surface area contributed by atoms with Crippen molar-refractivity contribution >= 4 is 66.7 Å². The Labute approximate surface area is 239 Å². The molecular formula is C30H14F8N2O4. The first-order valence-electron chi connectivity index (χ1n) is 13.3. The first kappa shape index (κ1) is 27.9. The quantitative estimate of drug-likeness (QED) is 0.0955. The van der Waals surface area contributed by atoms with Crippen molar-refractivity contribution < 1.29 is 54.3 Å². The Morgan fingerprint density at radius 1 is 0.364 bits per heavy atom. The van der Waals surface area contributed by atoms with Crippen molar-refractivity contribution in [1.29, 1.82) is 0 Å². The fourth-order valence-electron chi connectivity index (χ4n) is 6.58. The molecule has 0 saturated carbocycles. The highest BCUT2D eigenvalue weighted by molar-refractivity contribution is 6.41. The molecule has 2 aliphatic heterocycles. The molecule has 0 aromatic heterocycles. The van der Waals surface area contributed by atoms with Crippen LogP contribution in [-0.2, 0) is 0 Å². The highest BCUT2D eigenvalue weighted by Crippen LogP contribution is 2.52. The van der Waals surface area contributed by atoms with Gasteiger partial charge in [-0.3, -0.25) is 29.0 Å². The number of rotatable bonds is 4. The Hall–Kier alpha value is -4.88. The molecule has 0 aliphatic carbocycles. The maximum atomic E-state index is 16.0. The third kappa shape index (κ3) is 2.90. The van der Waals surface area contributed by atoms with Crippen molar-refractivity contribution in [3.63, 3.8) is 0 Å². The summed E-state index contributed by atoms with van der Waals surface area (Å²) in [7, 11) is 0. The van der Waals surface area contributed by atoms with Gasteiger partial charge in [-0.05, 0) is 12.8 Å². The first-order valence-corrected chi connectivity index (χ1v) is 13.3. The van der Waals surface area contributed by atoms with Crippen LogP contribution in [0, 0.1) is 46.5 Å². The van der Waals surface area contributed by atoms with Crippen LogP contribution >= 0.6 is 0 Å². The van der Waals surface area contributed by atoms with Crippen LogP contribution in [0.25, 0.3) is 43.1 Å². The minimum atomic E-state index is -2.09. The van der Waals surface area contributed by atoms with E-state index in [1.807, 2.05) is 0 Å². The maximum Gasteiger partial charge on any atom is 0.264 e. The van der Waals surface area contributed by atoms with Crippen LogP contribution in [0.15, 0.2) is 0 Å². The summed E-state index contributed by atoms with van der Waals surface area (Å²) in [4.78, 5) is 53.5. The van der Waals surface area contributed by atoms with E-state index in [2.05, 4.69) is 0 Å². The lowest BCUT2D eigenvalue weighted by molar-refractivity contribution is 0.0587. The summed E-state index contributed by atoms with van der Waals surface area (Å²) in [6.07, 6.45) is 0.144. The summed E-state index contributed by atoms with van der Waals surface area (Å²) < 4.78 is 127. The molecule has 7 rings (SSSR count). The number of fused-ring (bicyclic) bond motifs is 2. The lowest BCUT2D eigenvalue weighted by Crippen LogP contribution is -2.42. The zero-order chi connectivity index (χ0) is 31.8. The molecule has 224 valence electrons. The number of imide groups is 2. The van der Waals surface area contributed by atoms with Gasteiger partial charge in [0.2, 0.25) is 0 Å². The van der Waals surface area contributed by atoms with Crippen LogP contribution in [0.1, 0.15) is 68.1 Å². The molecule has 0 saturated heterocycles. The van der Waals surface area contributed by atoms with Crippen LogP contribution in [0.5, 0.6) is 0 Å². The monoisotopic (exact) mass is 618 g/mol. The number of hydrogen-bond donors (Lipinski definition) is 0. The summed E-state index contributed by atoms with van der Waals surface area (Å²) >= 11 is 0. The standard InChI is InChI=1S/C30H14F8N2O4/c1-3-5-39-27(41)15-9-7-11(19(31)23(15)35)13-8-10-17(25(37)21(13)33)29(43)40(6-4-2)30(44)18(10)26(38)22(34)14(8)12(7)20(32)24(36)16(9)28(39)42/h3-6H2,1-2H3. The van der Waals surface area contributed by atoms with E-state index >= 15 is 35.1 Å². The summed E-state index contributed by atoms with van der Waals surface area (Å²) in [5.41, 5.74) is -5.05. The third-order valence-corrected chi connectivity index (χ3v) is 8.26. The SMILES string of the molecule is CCCN1C(=O)c2c(F)c(F)c3c4c(F)c(F)c5c6c(c(F)c(F)c(c7c(F)c(F)c(c2c37)C1=O)c64)C(=O)N(CCC)C5=O. The Bertz CT molecular complexity index is 1980. The molecule has 14 heteroatoms. The molecule has 44 heavy (non-hydrogen) atoms. The molecule has 2 heterocycles. The second-order valence-corrected chi connectivity index (χ2v) is 10.5. The highest BCUT2D eigenvalue weighted by Gasteiger charge is 2.45. The smallest absolute Gasteiger partial charge is 0.264 e. The fraction of sp³-hybridized carbons (Fsp3) is 0.200. The molecule has 0 bridgehead atoms. The number of amides is 4. The van der Waals surface area contributed by atoms with E-state index in [1.54, 1.807) is 0 Å². The van der Waals surface area contributed by atoms with Crippen LogP contribution < -0.4 is 0 Å². The summed E-state index contributed by atoms with van der Waals surface area (Å²) in [5, 5.41) is -9.69. The predicted molar refractivity (Wildman–Crippen MR) is 139 cm³/mol. The van der Waals surface area contributed by atoms with Crippen LogP contribution in [-0.4, -0.2) is 46.5 Å². The molecule has 0 atom stereocenters. The van der Waals surface area contributed by atoms with Crippen LogP contribution in [0.4, 0.5) is 35.1 Å². The molecule has 5 aromatic carbocycles. The van der Waals surface area contributed by atoms with Gasteiger partial charge in [0.15, 0.2) is 46.5 Å². The second kappa shape index (κ2) is 8.83. The normalized spacial score (nSPS) is 15.0. The molecule has 0 N–H and O–H groups in total. The van der Waals surface area contributed by atoms with E-state index < -0.39 is 149 Å². The topological polar surface area (TPSA) is 74.8 Å². The van der Waals surface area contributed by atoms with Gasteiger partial charge in [0.1, 0.15) is 0 Å². The van der Waals surface area contributed by atoms with Crippen molar-refractivity contribution in [2.45, 2.75) is 26.7 Å². The van der Waals surface area contributed by atoms with E-state index in [1.165, 1.54) is 13.8 Å². The summed E-state index contributed by atoms with van der Waals surface area (Å²) in [6, 6.07) is 0. The average molecular weight is 618 g/mol. The number of hydrogen-bond acceptors (Lipinski definition) is 4. The minimum Gasteiger partial charge on any atom is -0.274 e. The first-order chi connectivity index (χ1) is 20.8. The van der Waals surface area contributed by atoms with E-state index in [4.69, 9.17) is 0 Å². The zero-order valence-corrected chi connectivity index (χ0v) is 22.4. The van der Waals surface area contributed by atoms with E-state index in [9.17, 15) is 19.2 Å². The molecule has 0 unspecified atom stereocenters. The summed E-state index contributed by atoms with van der Waals surface area (Å²) in [5.74, 6) is -22.4. The van der Waals surface area contributed by atoms with Crippen molar-refractivity contribution in [2.24, 2.45) is 0 Å². The van der Waals surface area contributed by atoms with Gasteiger partial charge in [0.25, 0.3) is 23.6 Å². The van der Waals surface area contributed by atoms with Gasteiger partial charge in [-0.2, -0.15) is 0 Å². The Balaban J connectivity index is 1.86. The molecule has 5 aromatic rings. The Morgan fingerprint density at radius 2 is 0.591 bits per heavy atom. The highest BCUT2D eigenvalue weighted by atomic mass is 19.2. The molecule has 0 spiro atoms. The zero-order valence-electron chi connectivity index (χ0n) is 22.4. The molecule has 2 aliphatic rings. The van der Waals surface area contributed by atoms with Gasteiger partial charge in [-0.25, -0.2) is 35.1 Å². The number of carbonyl (C=O) groups excluding carboxylic acids is 4. The predicted octanol–water partition coefficient (Wildman–Crippen LogP) is 6.86. The summed E-state index contributed by atoms with van der Waals surface area (Å²) in [6.45, 7) is 2.14. The number of benzene rings is 5. The molecule has 6 nitrogen and oxygen atoms in total. The van der Waals surface area contributed by atoms with Gasteiger partial charge < -0.3 is 0 Å². The molecule has 4 amide bonds. The van der Waals surface area contributed by atoms with Gasteiger partial charge in [0, 0.05) is 56.2 Å². The van der Waals surface area contributed by atoms with Crippen LogP contribution in [0.2, 0.25) is 0 Å². The van der Waals surface area contributed by atoms with E-state index in [0.29, 0.717) is 9.80 Å². The molecule has 0 radical (unpaired) electrons. The lowest BCUT2D eigenvalue weighted by Gasteiger charge is -2.31. The van der Waals surface area contributed by atoms with Gasteiger partial charge in [-0.15, -0.1) is 0 Å². The third-order valence-electron chi connectivity index (χ3n) is 8.26. The Kier molecular flexibility index (Phi) is 5.60. The number of halogens is 8. The van der Waals surface area contributed by atoms with Crippen molar-refractivity contribution in [3.05, 3.63) is 68.8 Å². The molecular weight excluding hydrogens is 604 g/mol. The maximum absolute atomic E-state index is 16.0. The Morgan fingerprint density at radius 3 is 0.795 bits per heavy atom. The van der Waals surface area contributed by atoms with Crippen LogP contribution in [0.3, 0.4) is 0 Å². The van der Waals surface area contributed by atoms with E-state index in [-0.39, 0.29) is 12.8 Å². The fourth-order valence-corrected chi connectivity index (χ4v) is 6.58. The minimum absolute atomic E-state index is 0.0719. The van der Waals surface area contributed by atoms with Gasteiger partial charge >= 0.3 is 0 Å². The second-order valence-electron chi connectivity index (χ2n) is 10.5.